The molecule has 0 bridgehead atoms. The van der Waals surface area contributed by atoms with E-state index in [1.54, 1.807) is 21.6 Å². The van der Waals surface area contributed by atoms with Crippen molar-refractivity contribution in [1.82, 2.24) is 9.80 Å². The van der Waals surface area contributed by atoms with Gasteiger partial charge in [-0.15, -0.1) is 0 Å². The van der Waals surface area contributed by atoms with Crippen LogP contribution in [-0.4, -0.2) is 54.7 Å². The van der Waals surface area contributed by atoms with Crippen LogP contribution >= 0.6 is 21.6 Å². The number of fused-ring (bicyclic) bond motifs is 2. The van der Waals surface area contributed by atoms with Crippen molar-refractivity contribution < 1.29 is 4.39 Å². The summed E-state index contributed by atoms with van der Waals surface area (Å²) in [6, 6.07) is 1.91. The van der Waals surface area contributed by atoms with Gasteiger partial charge in [-0.2, -0.15) is 0 Å². The van der Waals surface area contributed by atoms with E-state index in [9.17, 15) is 4.39 Å². The zero-order valence-corrected chi connectivity index (χ0v) is 15.1. The summed E-state index contributed by atoms with van der Waals surface area (Å²) in [5, 5.41) is 0.272. The molecule has 1 fully saturated rings. The largest absolute Gasteiger partial charge is 0.341 e. The third kappa shape index (κ3) is 2.28. The topological polar surface area (TPSA) is 22.1 Å². The Hall–Kier alpha value is -1.18. The van der Waals surface area contributed by atoms with Crippen LogP contribution < -0.4 is 4.90 Å². The van der Waals surface area contributed by atoms with Gasteiger partial charge in [0.15, 0.2) is 0 Å². The summed E-state index contributed by atoms with van der Waals surface area (Å²) in [4.78, 5) is 12.0. The van der Waals surface area contributed by atoms with Gasteiger partial charge in [0.05, 0.1) is 21.5 Å². The fourth-order valence-electron chi connectivity index (χ4n) is 3.21. The Morgan fingerprint density at radius 3 is 2.91 bits per heavy atom. The number of anilines is 1. The van der Waals surface area contributed by atoms with Gasteiger partial charge in [-0.3, -0.25) is 0 Å². The average molecular weight is 350 g/mol. The lowest BCUT2D eigenvalue weighted by Gasteiger charge is -2.41. The third-order valence-corrected chi connectivity index (χ3v) is 7.37. The first-order chi connectivity index (χ1) is 11.0. The normalized spacial score (nSPS) is 24.1. The van der Waals surface area contributed by atoms with E-state index in [2.05, 4.69) is 23.4 Å². The first-order valence-corrected chi connectivity index (χ1v) is 9.82. The van der Waals surface area contributed by atoms with Crippen molar-refractivity contribution in [2.75, 3.05) is 38.6 Å². The molecule has 0 saturated carbocycles. The molecule has 0 radical (unpaired) electrons. The van der Waals surface area contributed by atoms with E-state index in [0.717, 1.165) is 36.7 Å². The third-order valence-electron chi connectivity index (χ3n) is 4.64. The van der Waals surface area contributed by atoms with Gasteiger partial charge in [-0.05, 0) is 25.6 Å². The Morgan fingerprint density at radius 1 is 1.35 bits per heavy atom. The van der Waals surface area contributed by atoms with Crippen LogP contribution in [0.2, 0.25) is 0 Å². The van der Waals surface area contributed by atoms with Gasteiger partial charge < -0.3 is 14.7 Å². The Morgan fingerprint density at radius 2 is 2.13 bits per heavy atom. The van der Waals surface area contributed by atoms with Crippen LogP contribution in [-0.2, 0) is 0 Å². The molecule has 122 valence electrons. The summed E-state index contributed by atoms with van der Waals surface area (Å²) in [6.45, 7) is 8.74. The van der Waals surface area contributed by atoms with E-state index in [1.807, 2.05) is 24.9 Å². The van der Waals surface area contributed by atoms with Crippen LogP contribution in [0.1, 0.15) is 11.1 Å². The van der Waals surface area contributed by atoms with Crippen molar-refractivity contribution in [3.05, 3.63) is 35.4 Å². The van der Waals surface area contributed by atoms with Gasteiger partial charge in [0.25, 0.3) is 0 Å². The summed E-state index contributed by atoms with van der Waals surface area (Å²) in [5.74, 6) is 1.47. The maximum Gasteiger partial charge on any atom is 0.142 e. The van der Waals surface area contributed by atoms with E-state index < -0.39 is 0 Å². The number of piperazine rings is 1. The highest BCUT2D eigenvalue weighted by Crippen LogP contribution is 2.49. The molecule has 1 atom stereocenters. The van der Waals surface area contributed by atoms with Gasteiger partial charge in [0, 0.05) is 26.7 Å². The second-order valence-electron chi connectivity index (χ2n) is 6.23. The molecule has 1 saturated heterocycles. The van der Waals surface area contributed by atoms with Crippen LogP contribution in [0, 0.1) is 12.7 Å². The molecule has 1 aromatic carbocycles. The van der Waals surface area contributed by atoms with Crippen molar-refractivity contribution in [3.8, 4) is 0 Å². The van der Waals surface area contributed by atoms with E-state index in [0.29, 0.717) is 16.3 Å². The molecule has 3 aliphatic rings. The highest BCUT2D eigenvalue weighted by Gasteiger charge is 2.38. The molecule has 0 aliphatic carbocycles. The minimum absolute atomic E-state index is 0.122. The van der Waals surface area contributed by atoms with Gasteiger partial charge in [-0.25, -0.2) is 9.38 Å². The van der Waals surface area contributed by atoms with Crippen molar-refractivity contribution in [2.45, 2.75) is 17.2 Å². The maximum absolute atomic E-state index is 14.8. The number of aliphatic imine (C=N–C) groups is 1. The smallest absolute Gasteiger partial charge is 0.142 e. The molecule has 4 rings (SSSR count). The summed E-state index contributed by atoms with van der Waals surface area (Å²) < 4.78 is 14.8. The first-order valence-electron chi connectivity index (χ1n) is 7.60. The van der Waals surface area contributed by atoms with Gasteiger partial charge >= 0.3 is 0 Å². The van der Waals surface area contributed by atoms with Crippen molar-refractivity contribution in [3.63, 3.8) is 0 Å². The molecule has 3 aliphatic heterocycles. The lowest BCUT2D eigenvalue weighted by molar-refractivity contribution is 0.199. The molecule has 23 heavy (non-hydrogen) atoms. The van der Waals surface area contributed by atoms with E-state index in [-0.39, 0.29) is 11.2 Å². The summed E-state index contributed by atoms with van der Waals surface area (Å²) in [5.41, 5.74) is 2.60. The summed E-state index contributed by atoms with van der Waals surface area (Å²) in [6.07, 6.45) is 0. The molecule has 0 amide bonds. The zero-order chi connectivity index (χ0) is 16.3. The van der Waals surface area contributed by atoms with Crippen molar-refractivity contribution >= 4 is 33.1 Å². The molecule has 0 aromatic heterocycles. The van der Waals surface area contributed by atoms with Gasteiger partial charge in [0.1, 0.15) is 17.5 Å². The second-order valence-corrected chi connectivity index (χ2v) is 8.62. The first kappa shape index (κ1) is 15.4. The van der Waals surface area contributed by atoms with Crippen LogP contribution in [0.15, 0.2) is 28.4 Å². The van der Waals surface area contributed by atoms with Crippen LogP contribution in [0.5, 0.6) is 0 Å². The monoisotopic (exact) mass is 350 g/mol. The fourth-order valence-corrected chi connectivity index (χ4v) is 6.14. The van der Waals surface area contributed by atoms with Crippen molar-refractivity contribution in [1.29, 1.82) is 0 Å². The van der Waals surface area contributed by atoms with Crippen molar-refractivity contribution in [2.24, 2.45) is 4.99 Å². The van der Waals surface area contributed by atoms with Gasteiger partial charge in [0.2, 0.25) is 0 Å². The number of nitrogens with zero attached hydrogens (tertiary/aromatic N) is 4. The molecular weight excluding hydrogens is 331 g/mol. The van der Waals surface area contributed by atoms with Crippen LogP contribution in [0.3, 0.4) is 0 Å². The molecule has 3 heterocycles. The summed E-state index contributed by atoms with van der Waals surface area (Å²) >= 11 is 0. The Labute approximate surface area is 143 Å². The molecule has 1 unspecified atom stereocenters. The zero-order valence-electron chi connectivity index (χ0n) is 13.5. The molecule has 0 N–H and O–H groups in total. The number of likely N-dealkylation sites (N-methyl/N-ethyl adjacent to an activating group) is 1. The number of amidine groups is 1. The van der Waals surface area contributed by atoms with Crippen LogP contribution in [0.25, 0.3) is 0 Å². The van der Waals surface area contributed by atoms with E-state index in [1.165, 1.54) is 0 Å². The maximum atomic E-state index is 14.8. The quantitative estimate of drug-likeness (QED) is 0.669. The highest BCUT2D eigenvalue weighted by atomic mass is 33.1. The molecule has 1 aromatic rings. The minimum Gasteiger partial charge on any atom is -0.341 e. The molecular formula is C16H19FN4S2. The SMILES string of the molecule is C=C1N=C2c3c(cc(C)c(F)c3SSC3CN(C)CCN23)N1C. The molecule has 4 nitrogen and oxygen atoms in total. The number of benzene rings is 1. The standard InChI is InChI=1S/C16H19FN4S2/c1-9-7-11-13-15(14(9)17)23-22-12-8-19(3)5-6-21(12)16(13)18-10(2)20(11)4/h7,12H,2,5-6,8H2,1,3-4H3. The predicted molar refractivity (Wildman–Crippen MR) is 96.7 cm³/mol. The molecule has 0 spiro atoms. The second kappa shape index (κ2) is 5.43. The lowest BCUT2D eigenvalue weighted by Crippen LogP contribution is -2.53. The average Bonchev–Trinajstić information content (AvgIpc) is 2.67. The Bertz CT molecular complexity index is 733. The Balaban J connectivity index is 1.94. The van der Waals surface area contributed by atoms with E-state index >= 15 is 0 Å². The van der Waals surface area contributed by atoms with Gasteiger partial charge in [-0.1, -0.05) is 28.2 Å². The predicted octanol–water partition coefficient (Wildman–Crippen LogP) is 3.13. The fraction of sp³-hybridized carbons (Fsp3) is 0.438. The molecule has 7 heteroatoms. The number of aryl methyl sites for hydroxylation is 1. The number of rotatable bonds is 0. The minimum atomic E-state index is -0.122. The van der Waals surface area contributed by atoms with E-state index in [4.69, 9.17) is 4.99 Å². The lowest BCUT2D eigenvalue weighted by atomic mass is 10.0. The highest BCUT2D eigenvalue weighted by molar-refractivity contribution is 8.77. The number of halogens is 1. The Kier molecular flexibility index (Phi) is 3.62. The number of hydrogen-bond acceptors (Lipinski definition) is 6. The van der Waals surface area contributed by atoms with Crippen LogP contribution in [0.4, 0.5) is 10.1 Å². The summed E-state index contributed by atoms with van der Waals surface area (Å²) in [7, 11) is 7.35. The number of hydrogen-bond donors (Lipinski definition) is 0.